The molecule has 1 aliphatic heterocycles. The molecule has 2 aliphatic rings. The van der Waals surface area contributed by atoms with Crippen LogP contribution in [0.4, 0.5) is 15.3 Å². The molecule has 1 aromatic rings. The van der Waals surface area contributed by atoms with Crippen molar-refractivity contribution in [2.24, 2.45) is 0 Å². The number of hydrogen-bond acceptors (Lipinski definition) is 3. The van der Waals surface area contributed by atoms with Crippen molar-refractivity contribution < 1.29 is 9.59 Å². The number of nitrogens with one attached hydrogen (secondary N) is 3. The zero-order valence-corrected chi connectivity index (χ0v) is 14.7. The van der Waals surface area contributed by atoms with Gasteiger partial charge in [0.1, 0.15) is 0 Å². The van der Waals surface area contributed by atoms with E-state index in [0.29, 0.717) is 6.04 Å². The van der Waals surface area contributed by atoms with Gasteiger partial charge in [-0.05, 0) is 37.5 Å². The molecule has 1 unspecified atom stereocenters. The quantitative estimate of drug-likeness (QED) is 0.783. The monoisotopic (exact) mass is 348 g/mol. The molecule has 7 heteroatoms. The van der Waals surface area contributed by atoms with Gasteiger partial charge in [-0.25, -0.2) is 9.59 Å². The Morgan fingerprint density at radius 3 is 2.46 bits per heavy atom. The van der Waals surface area contributed by atoms with Crippen LogP contribution in [0.5, 0.6) is 0 Å². The van der Waals surface area contributed by atoms with Gasteiger partial charge in [-0.15, -0.1) is 0 Å². The summed E-state index contributed by atoms with van der Waals surface area (Å²) in [5.41, 5.74) is 1.77. The van der Waals surface area contributed by atoms with Crippen molar-refractivity contribution in [3.05, 3.63) is 29.8 Å². The third kappa shape index (κ3) is 4.80. The molecule has 1 atom stereocenters. The Kier molecular flexibility index (Phi) is 5.50. The third-order valence-electron chi connectivity index (χ3n) is 4.22. The van der Waals surface area contributed by atoms with Gasteiger partial charge in [-0.2, -0.15) is 11.8 Å². The van der Waals surface area contributed by atoms with Crippen LogP contribution < -0.4 is 16.0 Å². The number of nitrogens with zero attached hydrogens (tertiary/aromatic N) is 1. The number of urea groups is 2. The largest absolute Gasteiger partial charge is 0.335 e. The Morgan fingerprint density at radius 2 is 1.83 bits per heavy atom. The first-order valence-corrected chi connectivity index (χ1v) is 9.58. The van der Waals surface area contributed by atoms with E-state index in [4.69, 9.17) is 0 Å². The second-order valence-corrected chi connectivity index (χ2v) is 7.49. The van der Waals surface area contributed by atoms with Crippen LogP contribution in [0.15, 0.2) is 24.3 Å². The van der Waals surface area contributed by atoms with Crippen LogP contribution in [0.25, 0.3) is 0 Å². The number of carbonyl (C=O) groups excluding carboxylic acids is 2. The number of rotatable bonds is 4. The predicted molar refractivity (Wildman–Crippen MR) is 97.5 cm³/mol. The molecule has 1 aromatic carbocycles. The molecule has 0 spiro atoms. The van der Waals surface area contributed by atoms with E-state index in [-0.39, 0.29) is 18.1 Å². The summed E-state index contributed by atoms with van der Waals surface area (Å²) in [4.78, 5) is 25.8. The molecule has 0 aromatic heterocycles. The molecule has 130 valence electrons. The third-order valence-corrected chi connectivity index (χ3v) is 5.16. The summed E-state index contributed by atoms with van der Waals surface area (Å²) in [6.07, 6.45) is 2.14. The zero-order valence-electron chi connectivity index (χ0n) is 13.9. The number of hydrogen-bond donors (Lipinski definition) is 3. The molecule has 4 amide bonds. The zero-order chi connectivity index (χ0) is 16.9. The van der Waals surface area contributed by atoms with Crippen molar-refractivity contribution >= 4 is 29.5 Å². The van der Waals surface area contributed by atoms with Crippen molar-refractivity contribution in [1.82, 2.24) is 15.5 Å². The summed E-state index contributed by atoms with van der Waals surface area (Å²) in [5, 5.41) is 8.75. The van der Waals surface area contributed by atoms with E-state index in [1.54, 1.807) is 0 Å². The smallest absolute Gasteiger partial charge is 0.319 e. The highest BCUT2D eigenvalue weighted by atomic mass is 32.2. The lowest BCUT2D eigenvalue weighted by Gasteiger charge is -2.28. The highest BCUT2D eigenvalue weighted by Gasteiger charge is 2.23. The van der Waals surface area contributed by atoms with Crippen LogP contribution in [0, 0.1) is 0 Å². The normalized spacial score (nSPS) is 18.6. The van der Waals surface area contributed by atoms with E-state index in [0.717, 1.165) is 48.7 Å². The van der Waals surface area contributed by atoms with Gasteiger partial charge in [0.15, 0.2) is 0 Å². The first-order valence-electron chi connectivity index (χ1n) is 8.42. The average Bonchev–Trinajstić information content (AvgIpc) is 3.40. The molecular formula is C17H24N4O2S. The standard InChI is InChI=1S/C17H24N4O2S/c1-12(18-17(23)21-8-10-24-11-9-21)13-2-4-14(5-3-13)19-16(22)20-15-6-7-15/h2-5,12,15H,6-11H2,1H3,(H,18,23)(H2,19,20,22). The molecular weight excluding hydrogens is 324 g/mol. The maximum absolute atomic E-state index is 12.2. The van der Waals surface area contributed by atoms with E-state index in [2.05, 4.69) is 16.0 Å². The first-order chi connectivity index (χ1) is 11.6. The fourth-order valence-electron chi connectivity index (χ4n) is 2.56. The Balaban J connectivity index is 1.50. The van der Waals surface area contributed by atoms with E-state index in [9.17, 15) is 9.59 Å². The summed E-state index contributed by atoms with van der Waals surface area (Å²) in [7, 11) is 0. The van der Waals surface area contributed by atoms with E-state index in [1.807, 2.05) is 47.9 Å². The highest BCUT2D eigenvalue weighted by molar-refractivity contribution is 7.99. The van der Waals surface area contributed by atoms with Gasteiger partial charge in [0.25, 0.3) is 0 Å². The van der Waals surface area contributed by atoms with Crippen molar-refractivity contribution in [3.8, 4) is 0 Å². The van der Waals surface area contributed by atoms with Gasteiger partial charge in [0.05, 0.1) is 6.04 Å². The summed E-state index contributed by atoms with van der Waals surface area (Å²) in [6.45, 7) is 3.59. The van der Waals surface area contributed by atoms with Crippen molar-refractivity contribution in [3.63, 3.8) is 0 Å². The number of amides is 4. The molecule has 3 rings (SSSR count). The van der Waals surface area contributed by atoms with Gasteiger partial charge in [-0.3, -0.25) is 0 Å². The minimum atomic E-state index is -0.158. The van der Waals surface area contributed by atoms with E-state index in [1.165, 1.54) is 0 Å². The molecule has 6 nitrogen and oxygen atoms in total. The topological polar surface area (TPSA) is 73.5 Å². The van der Waals surface area contributed by atoms with Crippen LogP contribution in [-0.4, -0.2) is 47.6 Å². The summed E-state index contributed by atoms with van der Waals surface area (Å²) >= 11 is 1.88. The van der Waals surface area contributed by atoms with Crippen LogP contribution in [-0.2, 0) is 0 Å². The maximum atomic E-state index is 12.2. The van der Waals surface area contributed by atoms with Gasteiger partial charge < -0.3 is 20.9 Å². The molecule has 3 N–H and O–H groups in total. The lowest BCUT2D eigenvalue weighted by Crippen LogP contribution is -2.45. The lowest BCUT2D eigenvalue weighted by atomic mass is 10.1. The second-order valence-electron chi connectivity index (χ2n) is 6.27. The summed E-state index contributed by atoms with van der Waals surface area (Å²) in [6, 6.07) is 7.70. The van der Waals surface area contributed by atoms with Crippen LogP contribution in [0.1, 0.15) is 31.4 Å². The highest BCUT2D eigenvalue weighted by Crippen LogP contribution is 2.20. The minimum Gasteiger partial charge on any atom is -0.335 e. The van der Waals surface area contributed by atoms with Crippen molar-refractivity contribution in [2.75, 3.05) is 29.9 Å². The first kappa shape index (κ1) is 17.0. The average molecular weight is 348 g/mol. The Bertz CT molecular complexity index is 583. The Hall–Kier alpha value is -1.89. The predicted octanol–water partition coefficient (Wildman–Crippen LogP) is 2.79. The molecule has 0 bridgehead atoms. The minimum absolute atomic E-state index is 0.00573. The van der Waals surface area contributed by atoms with Crippen molar-refractivity contribution in [2.45, 2.75) is 31.8 Å². The molecule has 0 radical (unpaired) electrons. The fourth-order valence-corrected chi connectivity index (χ4v) is 3.46. The maximum Gasteiger partial charge on any atom is 0.319 e. The van der Waals surface area contributed by atoms with Gasteiger partial charge in [0.2, 0.25) is 0 Å². The summed E-state index contributed by atoms with van der Waals surface area (Å²) in [5.74, 6) is 2.01. The molecule has 24 heavy (non-hydrogen) atoms. The number of thioether (sulfide) groups is 1. The van der Waals surface area contributed by atoms with Crippen LogP contribution in [0.2, 0.25) is 0 Å². The fraction of sp³-hybridized carbons (Fsp3) is 0.529. The Labute approximate surface area is 146 Å². The molecule has 1 saturated heterocycles. The lowest BCUT2D eigenvalue weighted by molar-refractivity contribution is 0.199. The number of carbonyl (C=O) groups is 2. The van der Waals surface area contributed by atoms with Gasteiger partial charge >= 0.3 is 12.1 Å². The number of benzene rings is 1. The second kappa shape index (κ2) is 7.79. The molecule has 1 saturated carbocycles. The van der Waals surface area contributed by atoms with E-state index >= 15 is 0 Å². The summed E-state index contributed by atoms with van der Waals surface area (Å²) < 4.78 is 0. The number of anilines is 1. The Morgan fingerprint density at radius 1 is 1.17 bits per heavy atom. The molecule has 2 fully saturated rings. The van der Waals surface area contributed by atoms with Gasteiger partial charge in [-0.1, -0.05) is 12.1 Å². The van der Waals surface area contributed by atoms with Crippen molar-refractivity contribution in [1.29, 1.82) is 0 Å². The van der Waals surface area contributed by atoms with Gasteiger partial charge in [0, 0.05) is 36.3 Å². The molecule has 1 heterocycles. The van der Waals surface area contributed by atoms with Crippen LogP contribution in [0.3, 0.4) is 0 Å². The molecule has 1 aliphatic carbocycles. The van der Waals surface area contributed by atoms with E-state index < -0.39 is 0 Å². The van der Waals surface area contributed by atoms with Crippen LogP contribution >= 0.6 is 11.8 Å². The SMILES string of the molecule is CC(NC(=O)N1CCSCC1)c1ccc(NC(=O)NC2CC2)cc1.